The van der Waals surface area contributed by atoms with Crippen LogP contribution in [0.1, 0.15) is 5.69 Å². The zero-order valence-corrected chi connectivity index (χ0v) is 10.6. The van der Waals surface area contributed by atoms with Crippen LogP contribution in [0.2, 0.25) is 0 Å². The molecule has 0 aliphatic carbocycles. The Bertz CT molecular complexity index is 758. The molecule has 20 heavy (non-hydrogen) atoms. The van der Waals surface area contributed by atoms with Gasteiger partial charge in [0, 0.05) is 5.39 Å². The summed E-state index contributed by atoms with van der Waals surface area (Å²) in [4.78, 5) is 4.22. The molecular weight excluding hydrogens is 257 g/mol. The maximum atomic E-state index is 13.7. The first-order valence-electron chi connectivity index (χ1n) is 6.20. The summed E-state index contributed by atoms with van der Waals surface area (Å²) in [5.74, 6) is -0.0507. The molecule has 3 rings (SSSR count). The van der Waals surface area contributed by atoms with Crippen LogP contribution in [0.4, 0.5) is 4.39 Å². The van der Waals surface area contributed by atoms with Crippen molar-refractivity contribution in [2.75, 3.05) is 0 Å². The number of aromatic nitrogens is 1. The summed E-state index contributed by atoms with van der Waals surface area (Å²) in [6, 6.07) is 15.4. The van der Waals surface area contributed by atoms with E-state index < -0.39 is 5.82 Å². The van der Waals surface area contributed by atoms with E-state index in [0.29, 0.717) is 5.69 Å². The van der Waals surface area contributed by atoms with Gasteiger partial charge in [-0.25, -0.2) is 9.37 Å². The van der Waals surface area contributed by atoms with Crippen LogP contribution in [0, 0.1) is 5.82 Å². The second-order valence-corrected chi connectivity index (χ2v) is 4.33. The van der Waals surface area contributed by atoms with Crippen molar-refractivity contribution in [3.8, 4) is 11.6 Å². The highest BCUT2D eigenvalue weighted by Gasteiger charge is 2.10. The van der Waals surface area contributed by atoms with Crippen molar-refractivity contribution in [2.45, 2.75) is 6.61 Å². The van der Waals surface area contributed by atoms with E-state index in [4.69, 9.17) is 4.74 Å². The topological polar surface area (TPSA) is 42.4 Å². The Balaban J connectivity index is 2.13. The lowest BCUT2D eigenvalue weighted by molar-refractivity contribution is 0.275. The van der Waals surface area contributed by atoms with E-state index in [0.717, 1.165) is 10.8 Å². The number of para-hydroxylation sites is 1. The molecule has 0 saturated carbocycles. The van der Waals surface area contributed by atoms with Gasteiger partial charge in [0.05, 0.1) is 12.3 Å². The summed E-state index contributed by atoms with van der Waals surface area (Å²) in [7, 11) is 0. The van der Waals surface area contributed by atoms with Crippen LogP contribution in [0.5, 0.6) is 11.6 Å². The number of aliphatic hydroxyl groups excluding tert-OH is 1. The van der Waals surface area contributed by atoms with Gasteiger partial charge in [0.25, 0.3) is 0 Å². The van der Waals surface area contributed by atoms with Crippen molar-refractivity contribution in [1.29, 1.82) is 0 Å². The van der Waals surface area contributed by atoms with Gasteiger partial charge in [-0.1, -0.05) is 30.3 Å². The van der Waals surface area contributed by atoms with Crippen molar-refractivity contribution >= 4 is 10.8 Å². The van der Waals surface area contributed by atoms with Crippen LogP contribution in [-0.4, -0.2) is 10.1 Å². The highest BCUT2D eigenvalue weighted by atomic mass is 19.1. The number of aliphatic hydroxyl groups is 1. The third-order valence-electron chi connectivity index (χ3n) is 2.96. The molecular formula is C16H12FNO2. The molecule has 2 aromatic carbocycles. The fourth-order valence-electron chi connectivity index (χ4n) is 2.01. The maximum absolute atomic E-state index is 13.7. The minimum atomic E-state index is -0.451. The van der Waals surface area contributed by atoms with E-state index in [1.54, 1.807) is 18.2 Å². The van der Waals surface area contributed by atoms with E-state index in [-0.39, 0.29) is 18.2 Å². The average Bonchev–Trinajstić information content (AvgIpc) is 2.49. The van der Waals surface area contributed by atoms with Gasteiger partial charge in [-0.2, -0.15) is 0 Å². The van der Waals surface area contributed by atoms with Gasteiger partial charge < -0.3 is 9.84 Å². The predicted octanol–water partition coefficient (Wildman–Crippen LogP) is 3.66. The number of benzene rings is 2. The lowest BCUT2D eigenvalue weighted by atomic mass is 10.1. The zero-order valence-electron chi connectivity index (χ0n) is 10.6. The van der Waals surface area contributed by atoms with Gasteiger partial charge in [0.2, 0.25) is 5.88 Å². The van der Waals surface area contributed by atoms with Gasteiger partial charge in [0.15, 0.2) is 11.6 Å². The Morgan fingerprint density at radius 2 is 1.80 bits per heavy atom. The molecule has 0 aliphatic heterocycles. The first kappa shape index (κ1) is 12.6. The van der Waals surface area contributed by atoms with Gasteiger partial charge in [-0.05, 0) is 29.7 Å². The third-order valence-corrected chi connectivity index (χ3v) is 2.96. The molecule has 3 aromatic rings. The SMILES string of the molecule is OCc1cc2ccccc2c(Oc2ccccc2F)n1. The molecule has 0 spiro atoms. The zero-order chi connectivity index (χ0) is 13.9. The number of pyridine rings is 1. The van der Waals surface area contributed by atoms with E-state index in [2.05, 4.69) is 4.98 Å². The Labute approximate surface area is 115 Å². The second-order valence-electron chi connectivity index (χ2n) is 4.33. The molecule has 0 bridgehead atoms. The molecule has 1 heterocycles. The number of ether oxygens (including phenoxy) is 1. The van der Waals surface area contributed by atoms with Crippen molar-refractivity contribution < 1.29 is 14.2 Å². The van der Waals surface area contributed by atoms with E-state index >= 15 is 0 Å². The largest absolute Gasteiger partial charge is 0.435 e. The first-order chi connectivity index (χ1) is 9.78. The summed E-state index contributed by atoms with van der Waals surface area (Å²) in [5, 5.41) is 10.9. The molecule has 3 nitrogen and oxygen atoms in total. The molecule has 0 unspecified atom stereocenters. The summed E-state index contributed by atoms with van der Waals surface area (Å²) >= 11 is 0. The number of hydrogen-bond donors (Lipinski definition) is 1. The molecule has 0 aliphatic rings. The van der Waals surface area contributed by atoms with Crippen molar-refractivity contribution in [2.24, 2.45) is 0 Å². The van der Waals surface area contributed by atoms with Crippen LogP contribution in [0.15, 0.2) is 54.6 Å². The van der Waals surface area contributed by atoms with Crippen LogP contribution in [0.25, 0.3) is 10.8 Å². The van der Waals surface area contributed by atoms with Crippen LogP contribution in [0.3, 0.4) is 0 Å². The van der Waals surface area contributed by atoms with E-state index in [1.165, 1.54) is 12.1 Å². The smallest absolute Gasteiger partial charge is 0.227 e. The number of hydrogen-bond acceptors (Lipinski definition) is 3. The molecule has 0 radical (unpaired) electrons. The number of fused-ring (bicyclic) bond motifs is 1. The summed E-state index contributed by atoms with van der Waals surface area (Å²) in [5.41, 5.74) is 0.482. The summed E-state index contributed by atoms with van der Waals surface area (Å²) in [6.07, 6.45) is 0. The van der Waals surface area contributed by atoms with Crippen LogP contribution in [-0.2, 0) is 6.61 Å². The quantitative estimate of drug-likeness (QED) is 0.789. The molecule has 0 saturated heterocycles. The maximum Gasteiger partial charge on any atom is 0.227 e. The molecule has 4 heteroatoms. The molecule has 100 valence electrons. The van der Waals surface area contributed by atoms with Gasteiger partial charge in [0.1, 0.15) is 0 Å². The molecule has 0 fully saturated rings. The first-order valence-corrected chi connectivity index (χ1v) is 6.20. The van der Waals surface area contributed by atoms with Crippen LogP contribution < -0.4 is 4.74 Å². The Morgan fingerprint density at radius 3 is 2.60 bits per heavy atom. The lowest BCUT2D eigenvalue weighted by Crippen LogP contribution is -1.96. The van der Waals surface area contributed by atoms with Crippen molar-refractivity contribution in [3.05, 3.63) is 66.1 Å². The van der Waals surface area contributed by atoms with Crippen molar-refractivity contribution in [3.63, 3.8) is 0 Å². The predicted molar refractivity (Wildman–Crippen MR) is 74.1 cm³/mol. The molecule has 0 atom stereocenters. The Kier molecular flexibility index (Phi) is 3.31. The lowest BCUT2D eigenvalue weighted by Gasteiger charge is -2.10. The van der Waals surface area contributed by atoms with Crippen molar-refractivity contribution in [1.82, 2.24) is 4.98 Å². The second kappa shape index (κ2) is 5.27. The number of halogens is 1. The highest BCUT2D eigenvalue weighted by Crippen LogP contribution is 2.30. The third kappa shape index (κ3) is 2.33. The fourth-order valence-corrected chi connectivity index (χ4v) is 2.01. The summed E-state index contributed by atoms with van der Waals surface area (Å²) in [6.45, 7) is -0.196. The van der Waals surface area contributed by atoms with E-state index in [9.17, 15) is 9.50 Å². The number of rotatable bonds is 3. The monoisotopic (exact) mass is 269 g/mol. The summed E-state index contributed by atoms with van der Waals surface area (Å²) < 4.78 is 19.2. The number of nitrogens with zero attached hydrogens (tertiary/aromatic N) is 1. The molecule has 1 N–H and O–H groups in total. The molecule has 0 amide bonds. The van der Waals surface area contributed by atoms with Crippen LogP contribution >= 0.6 is 0 Å². The van der Waals surface area contributed by atoms with Gasteiger partial charge >= 0.3 is 0 Å². The van der Waals surface area contributed by atoms with Gasteiger partial charge in [-0.15, -0.1) is 0 Å². The van der Waals surface area contributed by atoms with E-state index in [1.807, 2.05) is 24.3 Å². The highest BCUT2D eigenvalue weighted by molar-refractivity contribution is 5.87. The standard InChI is InChI=1S/C16H12FNO2/c17-14-7-3-4-8-15(14)20-16-13-6-2-1-5-11(13)9-12(10-19)18-16/h1-9,19H,10H2. The average molecular weight is 269 g/mol. The van der Waals surface area contributed by atoms with Gasteiger partial charge in [-0.3, -0.25) is 0 Å². The normalized spacial score (nSPS) is 10.7. The minimum absolute atomic E-state index is 0.111. The fraction of sp³-hybridized carbons (Fsp3) is 0.0625. The minimum Gasteiger partial charge on any atom is -0.435 e. The Hall–Kier alpha value is -2.46. The molecule has 1 aromatic heterocycles. The Morgan fingerprint density at radius 1 is 1.05 bits per heavy atom.